The van der Waals surface area contributed by atoms with Crippen molar-refractivity contribution in [3.8, 4) is 0 Å². The third kappa shape index (κ3) is 2.38. The van der Waals surface area contributed by atoms with Crippen molar-refractivity contribution in [2.75, 3.05) is 39.8 Å². The molecule has 2 aromatic rings. The SMILES string of the molecule is Cc1cc2cccc(C(=O)N3CCN4CCN(C)C(=O)[C@H]4C3)c2o1. The number of para-hydroxylation sites is 1. The summed E-state index contributed by atoms with van der Waals surface area (Å²) in [6, 6.07) is 7.33. The number of rotatable bonds is 1. The number of fused-ring (bicyclic) bond motifs is 2. The van der Waals surface area contributed by atoms with E-state index < -0.39 is 0 Å². The second kappa shape index (κ2) is 5.63. The molecule has 2 fully saturated rings. The van der Waals surface area contributed by atoms with Crippen LogP contribution in [-0.4, -0.2) is 72.3 Å². The first-order valence-corrected chi connectivity index (χ1v) is 8.32. The molecule has 126 valence electrons. The predicted octanol–water partition coefficient (Wildman–Crippen LogP) is 1.34. The maximum atomic E-state index is 13.0. The minimum atomic E-state index is -0.223. The first-order chi connectivity index (χ1) is 11.5. The molecule has 1 aromatic carbocycles. The minimum Gasteiger partial charge on any atom is -0.461 e. The fourth-order valence-electron chi connectivity index (χ4n) is 3.68. The molecule has 0 N–H and O–H groups in total. The number of hydrogen-bond donors (Lipinski definition) is 0. The molecule has 6 heteroatoms. The standard InChI is InChI=1S/C18H21N3O3/c1-12-10-13-4-3-5-14(16(13)24-12)17(22)21-9-8-20-7-6-19(2)18(23)15(20)11-21/h3-5,10,15H,6-9,11H2,1-2H3/t15-/m1/s1. The van der Waals surface area contributed by atoms with Gasteiger partial charge in [0.1, 0.15) is 17.4 Å². The molecule has 0 saturated carbocycles. The molecule has 6 nitrogen and oxygen atoms in total. The summed E-state index contributed by atoms with van der Waals surface area (Å²) in [4.78, 5) is 31.1. The van der Waals surface area contributed by atoms with Gasteiger partial charge in [0.2, 0.25) is 5.91 Å². The molecule has 2 aliphatic heterocycles. The van der Waals surface area contributed by atoms with Crippen molar-refractivity contribution < 1.29 is 14.0 Å². The number of benzene rings is 1. The molecular formula is C18H21N3O3. The smallest absolute Gasteiger partial charge is 0.257 e. The van der Waals surface area contributed by atoms with E-state index in [1.807, 2.05) is 32.2 Å². The highest BCUT2D eigenvalue weighted by Gasteiger charge is 2.39. The van der Waals surface area contributed by atoms with Gasteiger partial charge in [-0.15, -0.1) is 0 Å². The molecule has 24 heavy (non-hydrogen) atoms. The van der Waals surface area contributed by atoms with Gasteiger partial charge < -0.3 is 14.2 Å². The van der Waals surface area contributed by atoms with Gasteiger partial charge in [0, 0.05) is 45.2 Å². The molecule has 1 atom stereocenters. The first-order valence-electron chi connectivity index (χ1n) is 8.32. The van der Waals surface area contributed by atoms with Crippen LogP contribution in [0.2, 0.25) is 0 Å². The van der Waals surface area contributed by atoms with Crippen molar-refractivity contribution in [2.24, 2.45) is 0 Å². The zero-order valence-electron chi connectivity index (χ0n) is 14.0. The van der Waals surface area contributed by atoms with Crippen LogP contribution < -0.4 is 0 Å². The van der Waals surface area contributed by atoms with Gasteiger partial charge in [-0.25, -0.2) is 0 Å². The largest absolute Gasteiger partial charge is 0.461 e. The summed E-state index contributed by atoms with van der Waals surface area (Å²) >= 11 is 0. The predicted molar refractivity (Wildman–Crippen MR) is 89.9 cm³/mol. The number of hydrogen-bond acceptors (Lipinski definition) is 4. The molecule has 0 bridgehead atoms. The fourth-order valence-corrected chi connectivity index (χ4v) is 3.68. The van der Waals surface area contributed by atoms with E-state index >= 15 is 0 Å². The second-order valence-electron chi connectivity index (χ2n) is 6.64. The molecule has 1 aromatic heterocycles. The second-order valence-corrected chi connectivity index (χ2v) is 6.64. The van der Waals surface area contributed by atoms with Gasteiger partial charge in [0.25, 0.3) is 5.91 Å². The van der Waals surface area contributed by atoms with Gasteiger partial charge in [-0.05, 0) is 19.1 Å². The summed E-state index contributed by atoms with van der Waals surface area (Å²) in [5.74, 6) is 0.834. The number of aryl methyl sites for hydroxylation is 1. The maximum Gasteiger partial charge on any atom is 0.257 e. The Morgan fingerprint density at radius 2 is 2.00 bits per heavy atom. The molecule has 2 aliphatic rings. The number of carbonyl (C=O) groups is 2. The van der Waals surface area contributed by atoms with E-state index in [9.17, 15) is 9.59 Å². The van der Waals surface area contributed by atoms with E-state index in [2.05, 4.69) is 4.90 Å². The Labute approximate surface area is 140 Å². The third-order valence-electron chi connectivity index (χ3n) is 5.06. The summed E-state index contributed by atoms with van der Waals surface area (Å²) in [7, 11) is 1.83. The van der Waals surface area contributed by atoms with Crippen LogP contribution in [-0.2, 0) is 4.79 Å². The molecule has 0 radical (unpaired) electrons. The van der Waals surface area contributed by atoms with Crippen molar-refractivity contribution in [1.82, 2.24) is 14.7 Å². The lowest BCUT2D eigenvalue weighted by molar-refractivity contribution is -0.142. The zero-order valence-corrected chi connectivity index (χ0v) is 14.0. The van der Waals surface area contributed by atoms with Gasteiger partial charge in [0.05, 0.1) is 5.56 Å². The summed E-state index contributed by atoms with van der Waals surface area (Å²) in [6.45, 7) is 5.34. The zero-order chi connectivity index (χ0) is 16.8. The first kappa shape index (κ1) is 15.2. The number of amides is 2. The van der Waals surface area contributed by atoms with Crippen LogP contribution in [0.4, 0.5) is 0 Å². The fraction of sp³-hybridized carbons (Fsp3) is 0.444. The van der Waals surface area contributed by atoms with Crippen LogP contribution in [0.3, 0.4) is 0 Å². The van der Waals surface area contributed by atoms with E-state index in [0.717, 1.165) is 30.8 Å². The molecular weight excluding hydrogens is 306 g/mol. The van der Waals surface area contributed by atoms with Crippen LogP contribution in [0.15, 0.2) is 28.7 Å². The highest BCUT2D eigenvalue weighted by Crippen LogP contribution is 2.25. The lowest BCUT2D eigenvalue weighted by atomic mass is 10.1. The van der Waals surface area contributed by atoms with Crippen molar-refractivity contribution in [2.45, 2.75) is 13.0 Å². The summed E-state index contributed by atoms with van der Waals surface area (Å²) in [5.41, 5.74) is 1.21. The molecule has 0 unspecified atom stereocenters. The van der Waals surface area contributed by atoms with Crippen molar-refractivity contribution in [3.05, 3.63) is 35.6 Å². The van der Waals surface area contributed by atoms with E-state index in [1.165, 1.54) is 0 Å². The molecule has 0 spiro atoms. The molecule has 2 amide bonds. The Bertz CT molecular complexity index is 813. The number of piperazine rings is 2. The van der Waals surface area contributed by atoms with Crippen molar-refractivity contribution in [1.29, 1.82) is 0 Å². The van der Waals surface area contributed by atoms with Gasteiger partial charge in [-0.3, -0.25) is 14.5 Å². The number of furan rings is 1. The van der Waals surface area contributed by atoms with Crippen molar-refractivity contribution in [3.63, 3.8) is 0 Å². The van der Waals surface area contributed by atoms with Crippen LogP contribution >= 0.6 is 0 Å². The average molecular weight is 327 g/mol. The lowest BCUT2D eigenvalue weighted by Crippen LogP contribution is -2.64. The van der Waals surface area contributed by atoms with Gasteiger partial charge in [0.15, 0.2) is 0 Å². The van der Waals surface area contributed by atoms with Gasteiger partial charge in [-0.2, -0.15) is 0 Å². The van der Waals surface area contributed by atoms with Gasteiger partial charge in [-0.1, -0.05) is 12.1 Å². The Balaban J connectivity index is 1.61. The van der Waals surface area contributed by atoms with Gasteiger partial charge >= 0.3 is 0 Å². The minimum absolute atomic E-state index is 0.0596. The van der Waals surface area contributed by atoms with E-state index in [4.69, 9.17) is 4.42 Å². The van der Waals surface area contributed by atoms with Crippen LogP contribution in [0.1, 0.15) is 16.1 Å². The van der Waals surface area contributed by atoms with E-state index in [-0.39, 0.29) is 17.9 Å². The Morgan fingerprint density at radius 1 is 1.21 bits per heavy atom. The maximum absolute atomic E-state index is 13.0. The summed E-state index contributed by atoms with van der Waals surface area (Å²) < 4.78 is 5.72. The summed E-state index contributed by atoms with van der Waals surface area (Å²) in [5, 5.41) is 0.936. The number of nitrogens with zero attached hydrogens (tertiary/aromatic N) is 3. The van der Waals surface area contributed by atoms with Crippen LogP contribution in [0.25, 0.3) is 11.0 Å². The average Bonchev–Trinajstić information content (AvgIpc) is 2.97. The molecule has 0 aliphatic carbocycles. The Kier molecular flexibility index (Phi) is 3.57. The lowest BCUT2D eigenvalue weighted by Gasteiger charge is -2.45. The molecule has 4 rings (SSSR count). The highest BCUT2D eigenvalue weighted by atomic mass is 16.3. The van der Waals surface area contributed by atoms with E-state index in [0.29, 0.717) is 24.2 Å². The quantitative estimate of drug-likeness (QED) is 0.793. The topological polar surface area (TPSA) is 57.0 Å². The molecule has 2 saturated heterocycles. The number of carbonyl (C=O) groups excluding carboxylic acids is 2. The third-order valence-corrected chi connectivity index (χ3v) is 5.06. The Hall–Kier alpha value is -2.34. The Morgan fingerprint density at radius 3 is 2.83 bits per heavy atom. The number of likely N-dealkylation sites (N-methyl/N-ethyl adjacent to an activating group) is 1. The normalized spacial score (nSPS) is 22.1. The van der Waals surface area contributed by atoms with Crippen LogP contribution in [0, 0.1) is 6.92 Å². The van der Waals surface area contributed by atoms with Crippen molar-refractivity contribution >= 4 is 22.8 Å². The monoisotopic (exact) mass is 327 g/mol. The van der Waals surface area contributed by atoms with E-state index in [1.54, 1.807) is 15.9 Å². The van der Waals surface area contributed by atoms with Crippen LogP contribution in [0.5, 0.6) is 0 Å². The highest BCUT2D eigenvalue weighted by molar-refractivity contribution is 6.05. The summed E-state index contributed by atoms with van der Waals surface area (Å²) in [6.07, 6.45) is 0. The molecule has 3 heterocycles.